The second-order valence-electron chi connectivity index (χ2n) is 13.8. The third-order valence-electron chi connectivity index (χ3n) is 6.57. The molecule has 0 aliphatic rings. The molecule has 0 radical (unpaired) electrons. The third kappa shape index (κ3) is 6.24. The zero-order valence-electron chi connectivity index (χ0n) is 22.7. The van der Waals surface area contributed by atoms with Crippen LogP contribution in [0.4, 0.5) is 0 Å². The van der Waals surface area contributed by atoms with Gasteiger partial charge in [-0.15, -0.1) is 0 Å². The molecule has 2 aromatic rings. The molecular weight excluding hydrogens is 372 g/mol. The zero-order valence-corrected chi connectivity index (χ0v) is 22.7. The minimum Gasteiger partial charge on any atom is -0.0584 e. The SMILES string of the molecule is CC(Cc1ccc(C(C)(C)C)cc1C(C)(C)C)c1cc(C(C)(C)C)ccc1C(C)(C)C. The Morgan fingerprint density at radius 1 is 0.548 bits per heavy atom. The van der Waals surface area contributed by atoms with Crippen molar-refractivity contribution >= 4 is 0 Å². The highest BCUT2D eigenvalue weighted by molar-refractivity contribution is 5.44. The molecule has 0 amide bonds. The van der Waals surface area contributed by atoms with Crippen molar-refractivity contribution in [3.63, 3.8) is 0 Å². The first kappa shape index (κ1) is 25.7. The molecule has 1 atom stereocenters. The monoisotopic (exact) mass is 420 g/mol. The van der Waals surface area contributed by atoms with Crippen LogP contribution < -0.4 is 0 Å². The van der Waals surface area contributed by atoms with Crippen molar-refractivity contribution in [3.8, 4) is 0 Å². The average Bonchev–Trinajstić information content (AvgIpc) is 2.58. The fourth-order valence-electron chi connectivity index (χ4n) is 4.48. The van der Waals surface area contributed by atoms with E-state index >= 15 is 0 Å². The summed E-state index contributed by atoms with van der Waals surface area (Å²) >= 11 is 0. The Kier molecular flexibility index (Phi) is 6.98. The summed E-state index contributed by atoms with van der Waals surface area (Å²) in [6.07, 6.45) is 1.08. The van der Waals surface area contributed by atoms with Gasteiger partial charge in [0.15, 0.2) is 0 Å². The van der Waals surface area contributed by atoms with Gasteiger partial charge in [0.1, 0.15) is 0 Å². The molecule has 0 fully saturated rings. The third-order valence-corrected chi connectivity index (χ3v) is 6.57. The van der Waals surface area contributed by atoms with Gasteiger partial charge in [-0.2, -0.15) is 0 Å². The summed E-state index contributed by atoms with van der Waals surface area (Å²) in [5.74, 6) is 0.470. The van der Waals surface area contributed by atoms with E-state index in [1.807, 2.05) is 0 Å². The van der Waals surface area contributed by atoms with Crippen molar-refractivity contribution in [1.29, 1.82) is 0 Å². The topological polar surface area (TPSA) is 0 Å². The van der Waals surface area contributed by atoms with Crippen LogP contribution in [-0.4, -0.2) is 0 Å². The maximum atomic E-state index is 2.49. The van der Waals surface area contributed by atoms with E-state index in [4.69, 9.17) is 0 Å². The van der Waals surface area contributed by atoms with Crippen LogP contribution in [0, 0.1) is 0 Å². The number of hydrogen-bond acceptors (Lipinski definition) is 0. The van der Waals surface area contributed by atoms with Crippen LogP contribution in [0.5, 0.6) is 0 Å². The van der Waals surface area contributed by atoms with Crippen LogP contribution in [0.2, 0.25) is 0 Å². The zero-order chi connectivity index (χ0) is 24.0. The molecular formula is C31H48. The van der Waals surface area contributed by atoms with E-state index in [2.05, 4.69) is 126 Å². The second-order valence-corrected chi connectivity index (χ2v) is 13.8. The number of hydrogen-bond donors (Lipinski definition) is 0. The molecule has 0 heteroatoms. The summed E-state index contributed by atoms with van der Waals surface area (Å²) in [6, 6.07) is 14.5. The fraction of sp³-hybridized carbons (Fsp3) is 0.613. The van der Waals surface area contributed by atoms with Gasteiger partial charge >= 0.3 is 0 Å². The van der Waals surface area contributed by atoms with Gasteiger partial charge in [0.05, 0.1) is 0 Å². The van der Waals surface area contributed by atoms with E-state index in [0.29, 0.717) is 5.92 Å². The lowest BCUT2D eigenvalue weighted by atomic mass is 9.74. The highest BCUT2D eigenvalue weighted by atomic mass is 14.3. The summed E-state index contributed by atoms with van der Waals surface area (Å²) < 4.78 is 0. The van der Waals surface area contributed by atoms with E-state index in [1.165, 1.54) is 33.4 Å². The van der Waals surface area contributed by atoms with E-state index < -0.39 is 0 Å². The lowest BCUT2D eigenvalue weighted by Crippen LogP contribution is -2.21. The lowest BCUT2D eigenvalue weighted by Gasteiger charge is -2.31. The van der Waals surface area contributed by atoms with Crippen molar-refractivity contribution < 1.29 is 0 Å². The largest absolute Gasteiger partial charge is 0.0584 e. The van der Waals surface area contributed by atoms with Crippen LogP contribution in [0.15, 0.2) is 36.4 Å². The molecule has 0 aromatic heterocycles. The Hall–Kier alpha value is -1.56. The minimum absolute atomic E-state index is 0.135. The van der Waals surface area contributed by atoms with Crippen LogP contribution >= 0.6 is 0 Å². The maximum absolute atomic E-state index is 2.49. The van der Waals surface area contributed by atoms with Crippen LogP contribution in [0.25, 0.3) is 0 Å². The van der Waals surface area contributed by atoms with Crippen molar-refractivity contribution in [3.05, 3.63) is 69.8 Å². The Bertz CT molecular complexity index is 899. The molecule has 2 aromatic carbocycles. The molecule has 0 aliphatic heterocycles. The molecule has 172 valence electrons. The van der Waals surface area contributed by atoms with Crippen LogP contribution in [0.1, 0.15) is 129 Å². The Morgan fingerprint density at radius 2 is 1.00 bits per heavy atom. The number of benzene rings is 2. The van der Waals surface area contributed by atoms with Gasteiger partial charge < -0.3 is 0 Å². The van der Waals surface area contributed by atoms with E-state index in [1.54, 1.807) is 0 Å². The average molecular weight is 421 g/mol. The van der Waals surface area contributed by atoms with Crippen molar-refractivity contribution in [1.82, 2.24) is 0 Å². The summed E-state index contributed by atoms with van der Waals surface area (Å²) in [7, 11) is 0. The Labute approximate surface area is 193 Å². The predicted octanol–water partition coefficient (Wildman–Crippen LogP) is 9.22. The highest BCUT2D eigenvalue weighted by Crippen LogP contribution is 2.38. The molecule has 0 bridgehead atoms. The Morgan fingerprint density at radius 3 is 1.45 bits per heavy atom. The first-order valence-corrected chi connectivity index (χ1v) is 12.1. The van der Waals surface area contributed by atoms with Gasteiger partial charge in [-0.1, -0.05) is 126 Å². The van der Waals surface area contributed by atoms with Crippen molar-refractivity contribution in [2.24, 2.45) is 0 Å². The van der Waals surface area contributed by atoms with E-state index in [9.17, 15) is 0 Å². The smallest absolute Gasteiger partial charge is 0.0129 e. The molecule has 1 unspecified atom stereocenters. The minimum atomic E-state index is 0.135. The second kappa shape index (κ2) is 8.42. The quantitative estimate of drug-likeness (QED) is 0.464. The molecule has 0 saturated heterocycles. The van der Waals surface area contributed by atoms with Gasteiger partial charge in [0.2, 0.25) is 0 Å². The molecule has 0 heterocycles. The summed E-state index contributed by atoms with van der Waals surface area (Å²) in [5.41, 5.74) is 9.46. The predicted molar refractivity (Wildman–Crippen MR) is 140 cm³/mol. The van der Waals surface area contributed by atoms with Crippen molar-refractivity contribution in [2.45, 2.75) is 124 Å². The summed E-state index contributed by atoms with van der Waals surface area (Å²) in [4.78, 5) is 0. The molecule has 0 N–H and O–H groups in total. The van der Waals surface area contributed by atoms with Gasteiger partial charge in [0, 0.05) is 0 Å². The van der Waals surface area contributed by atoms with Crippen molar-refractivity contribution in [2.75, 3.05) is 0 Å². The molecule has 2 rings (SSSR count). The highest BCUT2D eigenvalue weighted by Gasteiger charge is 2.26. The maximum Gasteiger partial charge on any atom is -0.0129 e. The van der Waals surface area contributed by atoms with Crippen LogP contribution in [0.3, 0.4) is 0 Å². The Balaban J connectivity index is 2.58. The van der Waals surface area contributed by atoms with E-state index in [0.717, 1.165) is 6.42 Å². The number of rotatable bonds is 3. The standard InChI is InChI=1S/C31H48/c1-21(25-19-23(28(2,3)4)16-17-26(25)30(8,9)10)18-22-14-15-24(29(5,6)7)20-27(22)31(11,12)13/h14-17,19-21H,18H2,1-13H3. The molecule has 0 spiro atoms. The van der Waals surface area contributed by atoms with Gasteiger partial charge in [-0.25, -0.2) is 0 Å². The molecule has 31 heavy (non-hydrogen) atoms. The first-order valence-electron chi connectivity index (χ1n) is 12.1. The first-order chi connectivity index (χ1) is 13.8. The normalized spacial score (nSPS) is 14.6. The summed E-state index contributed by atoms with van der Waals surface area (Å²) in [6.45, 7) is 30.4. The van der Waals surface area contributed by atoms with Crippen LogP contribution in [-0.2, 0) is 28.1 Å². The van der Waals surface area contributed by atoms with Gasteiger partial charge in [0.25, 0.3) is 0 Å². The fourth-order valence-corrected chi connectivity index (χ4v) is 4.48. The van der Waals surface area contributed by atoms with Gasteiger partial charge in [-0.3, -0.25) is 0 Å². The van der Waals surface area contributed by atoms with E-state index in [-0.39, 0.29) is 21.7 Å². The van der Waals surface area contributed by atoms with Gasteiger partial charge in [-0.05, 0) is 67.4 Å². The summed E-state index contributed by atoms with van der Waals surface area (Å²) in [5, 5.41) is 0. The molecule has 0 nitrogen and oxygen atoms in total. The molecule has 0 aliphatic carbocycles. The lowest BCUT2D eigenvalue weighted by molar-refractivity contribution is 0.551. The molecule has 0 saturated carbocycles.